The molecule has 2 heterocycles. The maximum Gasteiger partial charge on any atom is 0.338 e. The minimum Gasteiger partial charge on any atom is -0.488 e. The summed E-state index contributed by atoms with van der Waals surface area (Å²) in [6.45, 7) is 7.60. The van der Waals surface area contributed by atoms with Gasteiger partial charge in [0.15, 0.2) is 4.80 Å². The second kappa shape index (κ2) is 11.2. The third kappa shape index (κ3) is 5.25. The fourth-order valence-electron chi connectivity index (χ4n) is 3.88. The predicted molar refractivity (Wildman–Crippen MR) is 149 cm³/mol. The molecule has 3 aromatic rings. The van der Waals surface area contributed by atoms with Crippen LogP contribution in [0.1, 0.15) is 31.0 Å². The number of aromatic nitrogens is 1. The molecular weight excluding hydrogens is 662 g/mol. The van der Waals surface area contributed by atoms with Crippen molar-refractivity contribution in [3.63, 3.8) is 0 Å². The molecule has 1 aliphatic heterocycles. The minimum absolute atomic E-state index is 0.172. The van der Waals surface area contributed by atoms with E-state index in [4.69, 9.17) is 9.47 Å². The maximum absolute atomic E-state index is 13.8. The summed E-state index contributed by atoms with van der Waals surface area (Å²) in [5.41, 5.74) is 1.65. The van der Waals surface area contributed by atoms with Crippen LogP contribution < -0.4 is 19.6 Å². The molecule has 0 amide bonds. The number of esters is 1. The van der Waals surface area contributed by atoms with E-state index in [1.165, 1.54) is 28.0 Å². The fourth-order valence-corrected chi connectivity index (χ4v) is 6.62. The van der Waals surface area contributed by atoms with Crippen molar-refractivity contribution in [2.24, 2.45) is 4.99 Å². The first-order valence-electron chi connectivity index (χ1n) is 10.9. The zero-order valence-electron chi connectivity index (χ0n) is 19.4. The summed E-state index contributed by atoms with van der Waals surface area (Å²) >= 11 is 6.89. The van der Waals surface area contributed by atoms with Gasteiger partial charge in [-0.25, -0.2) is 14.2 Å². The lowest BCUT2D eigenvalue weighted by molar-refractivity contribution is -0.139. The van der Waals surface area contributed by atoms with E-state index in [0.717, 1.165) is 8.04 Å². The van der Waals surface area contributed by atoms with Crippen molar-refractivity contribution in [2.45, 2.75) is 19.9 Å². The Bertz CT molecular complexity index is 1560. The Morgan fingerprint density at radius 3 is 2.72 bits per heavy atom. The van der Waals surface area contributed by atoms with Crippen molar-refractivity contribution in [1.29, 1.82) is 0 Å². The molecule has 6 nitrogen and oxygen atoms in total. The van der Waals surface area contributed by atoms with Gasteiger partial charge in [-0.3, -0.25) is 9.36 Å². The van der Waals surface area contributed by atoms with E-state index >= 15 is 0 Å². The maximum atomic E-state index is 13.8. The van der Waals surface area contributed by atoms with Crippen LogP contribution in [0.2, 0.25) is 0 Å². The zero-order chi connectivity index (χ0) is 26.0. The van der Waals surface area contributed by atoms with E-state index in [2.05, 4.69) is 50.1 Å². The molecule has 10 heteroatoms. The highest BCUT2D eigenvalue weighted by Crippen LogP contribution is 2.32. The molecular formula is C26H21BrFIN2O4S. The standard InChI is InChI=1S/C26H21BrFIN2O4S/c1-4-10-35-23-16(11-17(27)13-19(23)29)12-20-24(32)31-22(15-6-8-18(28)9-7-15)21(25(33)34-5-2)14(3)30-26(31)36-20/h4,6-9,11-13,22H,1,5,10H2,2-3H3/b20-12-/t22-/m0/s1. The topological polar surface area (TPSA) is 69.9 Å². The highest BCUT2D eigenvalue weighted by Gasteiger charge is 2.33. The van der Waals surface area contributed by atoms with Gasteiger partial charge in [0.05, 0.1) is 32.0 Å². The number of benzene rings is 2. The first-order chi connectivity index (χ1) is 17.2. The van der Waals surface area contributed by atoms with Gasteiger partial charge in [0.25, 0.3) is 5.56 Å². The molecule has 0 N–H and O–H groups in total. The van der Waals surface area contributed by atoms with Crippen molar-refractivity contribution in [1.82, 2.24) is 4.57 Å². The Morgan fingerprint density at radius 1 is 1.33 bits per heavy atom. The molecule has 36 heavy (non-hydrogen) atoms. The first-order valence-corrected chi connectivity index (χ1v) is 13.6. The summed E-state index contributed by atoms with van der Waals surface area (Å²) in [7, 11) is 0. The van der Waals surface area contributed by atoms with E-state index < -0.39 is 17.8 Å². The van der Waals surface area contributed by atoms with Gasteiger partial charge in [0, 0.05) is 10.0 Å². The molecule has 0 fully saturated rings. The van der Waals surface area contributed by atoms with Crippen LogP contribution in [0.15, 0.2) is 74.6 Å². The van der Waals surface area contributed by atoms with E-state index in [1.807, 2.05) is 12.1 Å². The molecule has 0 bridgehead atoms. The molecule has 1 aliphatic rings. The molecule has 0 unspecified atom stereocenters. The molecule has 186 valence electrons. The Balaban J connectivity index is 1.96. The Labute approximate surface area is 232 Å². The van der Waals surface area contributed by atoms with Crippen LogP contribution in [0, 0.1) is 9.39 Å². The quantitative estimate of drug-likeness (QED) is 0.203. The summed E-state index contributed by atoms with van der Waals surface area (Å²) in [5, 5.41) is 0. The fraction of sp³-hybridized carbons (Fsp3) is 0.192. The summed E-state index contributed by atoms with van der Waals surface area (Å²) in [6.07, 6.45) is 3.40. The summed E-state index contributed by atoms with van der Waals surface area (Å²) in [6, 6.07) is 8.71. The third-order valence-electron chi connectivity index (χ3n) is 5.37. The molecule has 0 spiro atoms. The average Bonchev–Trinajstić information content (AvgIpc) is 3.12. The number of carbonyl (C=O) groups is 1. The zero-order valence-corrected chi connectivity index (χ0v) is 23.9. The smallest absolute Gasteiger partial charge is 0.338 e. The first kappa shape index (κ1) is 26.5. The Hall–Kier alpha value is -2.57. The highest BCUT2D eigenvalue weighted by atomic mass is 127. The summed E-state index contributed by atoms with van der Waals surface area (Å²) in [5.74, 6) is -0.354. The van der Waals surface area contributed by atoms with Crippen molar-refractivity contribution in [2.75, 3.05) is 13.2 Å². The predicted octanol–water partition coefficient (Wildman–Crippen LogP) is 4.87. The van der Waals surface area contributed by atoms with Crippen LogP contribution in [0.3, 0.4) is 0 Å². The summed E-state index contributed by atoms with van der Waals surface area (Å²) in [4.78, 5) is 31.7. The number of hydrogen-bond donors (Lipinski definition) is 0. The average molecular weight is 683 g/mol. The number of fused-ring (bicyclic) bond motifs is 1. The Morgan fingerprint density at radius 2 is 2.06 bits per heavy atom. The highest BCUT2D eigenvalue weighted by molar-refractivity contribution is 14.1. The lowest BCUT2D eigenvalue weighted by Gasteiger charge is -2.24. The van der Waals surface area contributed by atoms with Gasteiger partial charge in [0.2, 0.25) is 0 Å². The van der Waals surface area contributed by atoms with Crippen LogP contribution in [-0.2, 0) is 9.53 Å². The van der Waals surface area contributed by atoms with Gasteiger partial charge in [-0.15, -0.1) is 0 Å². The molecule has 1 atom stereocenters. The van der Waals surface area contributed by atoms with Gasteiger partial charge in [-0.05, 0) is 72.3 Å². The van der Waals surface area contributed by atoms with Crippen molar-refractivity contribution in [3.05, 3.63) is 105 Å². The van der Waals surface area contributed by atoms with Crippen LogP contribution in [-0.4, -0.2) is 23.8 Å². The molecule has 0 saturated carbocycles. The number of ether oxygens (including phenoxy) is 2. The lowest BCUT2D eigenvalue weighted by atomic mass is 9.96. The van der Waals surface area contributed by atoms with Crippen LogP contribution in [0.5, 0.6) is 5.75 Å². The monoisotopic (exact) mass is 682 g/mol. The van der Waals surface area contributed by atoms with E-state index in [0.29, 0.717) is 38.5 Å². The van der Waals surface area contributed by atoms with E-state index in [1.54, 1.807) is 38.1 Å². The largest absolute Gasteiger partial charge is 0.488 e. The molecule has 0 saturated heterocycles. The lowest BCUT2D eigenvalue weighted by Crippen LogP contribution is -2.39. The van der Waals surface area contributed by atoms with Crippen molar-refractivity contribution >= 4 is 61.9 Å². The number of halogens is 3. The van der Waals surface area contributed by atoms with Crippen LogP contribution >= 0.6 is 49.9 Å². The number of hydrogen-bond acceptors (Lipinski definition) is 6. The Kier molecular flexibility index (Phi) is 8.26. The molecule has 4 rings (SSSR count). The number of nitrogens with zero attached hydrogens (tertiary/aromatic N) is 2. The second-order valence-electron chi connectivity index (χ2n) is 7.76. The molecule has 0 radical (unpaired) electrons. The minimum atomic E-state index is -0.804. The van der Waals surface area contributed by atoms with Gasteiger partial charge in [-0.1, -0.05) is 52.1 Å². The van der Waals surface area contributed by atoms with E-state index in [9.17, 15) is 14.0 Å². The third-order valence-corrected chi connectivity index (χ3v) is 7.61. The van der Waals surface area contributed by atoms with Gasteiger partial charge < -0.3 is 9.47 Å². The number of allylic oxidation sites excluding steroid dienone is 1. The number of carbonyl (C=O) groups excluding carboxylic acids is 1. The molecule has 2 aromatic carbocycles. The van der Waals surface area contributed by atoms with Crippen LogP contribution in [0.25, 0.3) is 6.08 Å². The number of rotatable bonds is 7. The van der Waals surface area contributed by atoms with Crippen LogP contribution in [0.4, 0.5) is 4.39 Å². The van der Waals surface area contributed by atoms with Gasteiger partial charge in [-0.2, -0.15) is 0 Å². The van der Waals surface area contributed by atoms with Crippen molar-refractivity contribution < 1.29 is 18.7 Å². The van der Waals surface area contributed by atoms with E-state index in [-0.39, 0.29) is 17.7 Å². The molecule has 1 aromatic heterocycles. The van der Waals surface area contributed by atoms with Gasteiger partial charge >= 0.3 is 5.97 Å². The van der Waals surface area contributed by atoms with Crippen molar-refractivity contribution in [3.8, 4) is 5.75 Å². The second-order valence-corrected chi connectivity index (χ2v) is 10.8. The number of thiazole rings is 1. The SMILES string of the molecule is C=CCOc1c(I)cc(Br)cc1/C=c1\sc2n(c1=O)[C@@H](c1ccc(F)cc1)C(C(=O)OCC)=C(C)N=2. The molecule has 0 aliphatic carbocycles. The normalized spacial score (nSPS) is 15.4. The van der Waals surface area contributed by atoms with Gasteiger partial charge in [0.1, 0.15) is 18.2 Å². The summed E-state index contributed by atoms with van der Waals surface area (Å²) < 4.78 is 28.4.